The maximum atomic E-state index is 3.90. The number of hydrogen-bond donors (Lipinski definition) is 0. The van der Waals surface area contributed by atoms with Gasteiger partial charge in [-0.2, -0.15) is 0 Å². The average molecular weight is 478 g/mol. The van der Waals surface area contributed by atoms with E-state index in [9.17, 15) is 0 Å². The topological polar surface area (TPSA) is 0 Å². The van der Waals surface area contributed by atoms with Gasteiger partial charge in [0.15, 0.2) is 0 Å². The Bertz CT molecular complexity index is 1330. The largest absolute Gasteiger partial charge is 0.0579 e. The van der Waals surface area contributed by atoms with E-state index in [0.717, 1.165) is 0 Å². The van der Waals surface area contributed by atoms with Crippen molar-refractivity contribution in [2.24, 2.45) is 0 Å². The van der Waals surface area contributed by atoms with E-state index in [1.165, 1.54) is 54.9 Å². The zero-order chi connectivity index (χ0) is 26.8. The molecule has 36 heavy (non-hydrogen) atoms. The molecule has 189 valence electrons. The molecule has 0 unspecified atom stereocenters. The predicted octanol–water partition coefficient (Wildman–Crippen LogP) is 10.7. The van der Waals surface area contributed by atoms with Crippen LogP contribution in [0.25, 0.3) is 32.7 Å². The van der Waals surface area contributed by atoms with Gasteiger partial charge in [0.2, 0.25) is 0 Å². The Morgan fingerprint density at radius 1 is 0.472 bits per heavy atom. The predicted molar refractivity (Wildman–Crippen MR) is 161 cm³/mol. The van der Waals surface area contributed by atoms with Crippen molar-refractivity contribution in [3.05, 3.63) is 82.9 Å². The highest BCUT2D eigenvalue weighted by molar-refractivity contribution is 6.13. The van der Waals surface area contributed by atoms with Gasteiger partial charge in [-0.1, -0.05) is 126 Å². The molecule has 0 heterocycles. The first-order chi connectivity index (χ1) is 16.4. The molecule has 0 nitrogen and oxygen atoms in total. The van der Waals surface area contributed by atoms with Crippen molar-refractivity contribution < 1.29 is 0 Å². The summed E-state index contributed by atoms with van der Waals surface area (Å²) in [6.07, 6.45) is 0. The van der Waals surface area contributed by atoms with Crippen LogP contribution in [0.2, 0.25) is 0 Å². The molecular formula is C36H45. The summed E-state index contributed by atoms with van der Waals surface area (Å²) in [6, 6.07) is 25.1. The summed E-state index contributed by atoms with van der Waals surface area (Å²) < 4.78 is 0. The summed E-state index contributed by atoms with van der Waals surface area (Å²) in [6.45, 7) is 27.7. The maximum absolute atomic E-state index is 3.90. The molecule has 4 aromatic rings. The summed E-state index contributed by atoms with van der Waals surface area (Å²) in [5.74, 6) is 0. The number of hydrogen-bond acceptors (Lipinski definition) is 0. The van der Waals surface area contributed by atoms with Crippen LogP contribution in [0.4, 0.5) is 0 Å². The lowest BCUT2D eigenvalue weighted by Gasteiger charge is -2.27. The van der Waals surface area contributed by atoms with E-state index >= 15 is 0 Å². The van der Waals surface area contributed by atoms with Gasteiger partial charge in [-0.05, 0) is 94.8 Å². The van der Waals surface area contributed by atoms with Crippen molar-refractivity contribution in [1.29, 1.82) is 0 Å². The zero-order valence-electron chi connectivity index (χ0n) is 24.7. The first kappa shape index (κ1) is 26.5. The van der Waals surface area contributed by atoms with Crippen LogP contribution >= 0.6 is 0 Å². The Labute approximate surface area is 220 Å². The minimum Gasteiger partial charge on any atom is -0.0579 e. The maximum Gasteiger partial charge on any atom is -0.00170 e. The van der Waals surface area contributed by atoms with Crippen molar-refractivity contribution in [1.82, 2.24) is 0 Å². The molecule has 0 fully saturated rings. The summed E-state index contributed by atoms with van der Waals surface area (Å²) in [7, 11) is 0. The van der Waals surface area contributed by atoms with Gasteiger partial charge in [-0.15, -0.1) is 0 Å². The second-order valence-corrected chi connectivity index (χ2v) is 14.8. The highest BCUT2D eigenvalue weighted by Gasteiger charge is 2.24. The van der Waals surface area contributed by atoms with Gasteiger partial charge < -0.3 is 0 Å². The Kier molecular flexibility index (Phi) is 6.23. The highest BCUT2D eigenvalue weighted by atomic mass is 14.3. The van der Waals surface area contributed by atoms with Gasteiger partial charge >= 0.3 is 0 Å². The van der Waals surface area contributed by atoms with Crippen molar-refractivity contribution in [3.8, 4) is 11.1 Å². The van der Waals surface area contributed by atoms with Gasteiger partial charge in [0.1, 0.15) is 0 Å². The second kappa shape index (κ2) is 8.47. The molecule has 0 spiro atoms. The van der Waals surface area contributed by atoms with Crippen molar-refractivity contribution in [3.63, 3.8) is 0 Å². The standard InChI is InChI=1S/C36H45/c1-33(2,3)26-15-13-23-17-24-14-16-27(34(4,5)6)22-31(24)32(30(23)21-26)25-18-28(35(7,8)9)20-29(19-25)36(10,11)12/h13-21H,1-12H3. The number of rotatable bonds is 1. The lowest BCUT2D eigenvalue weighted by Crippen LogP contribution is -2.16. The van der Waals surface area contributed by atoms with E-state index in [1.807, 2.05) is 0 Å². The first-order valence-electron chi connectivity index (χ1n) is 13.5. The first-order valence-corrected chi connectivity index (χ1v) is 13.5. The minimum absolute atomic E-state index is 0.0392. The van der Waals surface area contributed by atoms with Crippen LogP contribution in [0.3, 0.4) is 0 Å². The van der Waals surface area contributed by atoms with E-state index in [2.05, 4.69) is 144 Å². The lowest BCUT2D eigenvalue weighted by atomic mass is 9.77. The molecule has 0 saturated carbocycles. The highest BCUT2D eigenvalue weighted by Crippen LogP contribution is 2.42. The molecule has 0 aliphatic rings. The van der Waals surface area contributed by atoms with Crippen molar-refractivity contribution in [2.45, 2.75) is 105 Å². The third-order valence-corrected chi connectivity index (χ3v) is 7.49. The summed E-state index contributed by atoms with van der Waals surface area (Å²) in [4.78, 5) is 0. The van der Waals surface area contributed by atoms with Gasteiger partial charge in [0.05, 0.1) is 0 Å². The van der Waals surface area contributed by atoms with Crippen LogP contribution in [0.5, 0.6) is 0 Å². The molecule has 0 aromatic heterocycles. The van der Waals surface area contributed by atoms with Gasteiger partial charge in [-0.3, -0.25) is 0 Å². The quantitative estimate of drug-likeness (QED) is 0.239. The molecule has 1 radical (unpaired) electrons. The Hall–Kier alpha value is -2.60. The van der Waals surface area contributed by atoms with E-state index in [4.69, 9.17) is 0 Å². The Morgan fingerprint density at radius 3 is 1.50 bits per heavy atom. The van der Waals surface area contributed by atoms with Gasteiger partial charge in [0.25, 0.3) is 0 Å². The monoisotopic (exact) mass is 477 g/mol. The number of fused-ring (bicyclic) bond motifs is 2. The normalized spacial score (nSPS) is 13.6. The fourth-order valence-electron chi connectivity index (χ4n) is 4.87. The lowest BCUT2D eigenvalue weighted by molar-refractivity contribution is 0.569. The third-order valence-electron chi connectivity index (χ3n) is 7.49. The summed E-state index contributed by atoms with van der Waals surface area (Å²) >= 11 is 0. The van der Waals surface area contributed by atoms with Crippen LogP contribution in [0, 0.1) is 6.07 Å². The molecule has 0 heteroatoms. The molecule has 4 aromatic carbocycles. The summed E-state index contributed by atoms with van der Waals surface area (Å²) in [5, 5.41) is 5.10. The molecule has 0 amide bonds. The molecule has 0 atom stereocenters. The van der Waals surface area contributed by atoms with E-state index < -0.39 is 0 Å². The molecular weight excluding hydrogens is 432 g/mol. The van der Waals surface area contributed by atoms with Crippen molar-refractivity contribution in [2.75, 3.05) is 0 Å². The fourth-order valence-corrected chi connectivity index (χ4v) is 4.87. The molecule has 0 aliphatic heterocycles. The van der Waals surface area contributed by atoms with Crippen LogP contribution < -0.4 is 0 Å². The van der Waals surface area contributed by atoms with Crippen LogP contribution in [0.15, 0.2) is 54.6 Å². The average Bonchev–Trinajstić information content (AvgIpc) is 2.73. The second-order valence-electron chi connectivity index (χ2n) is 14.8. The van der Waals surface area contributed by atoms with Crippen molar-refractivity contribution >= 4 is 21.5 Å². The smallest absolute Gasteiger partial charge is 0.00170 e. The molecule has 0 N–H and O–H groups in total. The van der Waals surface area contributed by atoms with E-state index in [0.29, 0.717) is 0 Å². The van der Waals surface area contributed by atoms with E-state index in [1.54, 1.807) is 0 Å². The van der Waals surface area contributed by atoms with E-state index in [-0.39, 0.29) is 21.7 Å². The van der Waals surface area contributed by atoms with Crippen LogP contribution in [0.1, 0.15) is 105 Å². The molecule has 0 saturated heterocycles. The molecule has 0 aliphatic carbocycles. The summed E-state index contributed by atoms with van der Waals surface area (Å²) in [5.41, 5.74) is 8.26. The minimum atomic E-state index is 0.0392. The molecule has 0 bridgehead atoms. The van der Waals surface area contributed by atoms with Gasteiger partial charge in [0, 0.05) is 0 Å². The number of benzene rings is 4. The SMILES string of the molecule is CC(C)(C)c1[c]c2c(-c3cc(C(C)(C)C)cc(C(C)(C)C)c3)c3cc(C(C)(C)C)ccc3cc2cc1. The Balaban J connectivity index is 2.22. The molecule has 4 rings (SSSR count). The van der Waals surface area contributed by atoms with Gasteiger partial charge in [-0.25, -0.2) is 0 Å². The van der Waals surface area contributed by atoms with Crippen LogP contribution in [-0.4, -0.2) is 0 Å². The Morgan fingerprint density at radius 2 is 1.00 bits per heavy atom. The third kappa shape index (κ3) is 5.10. The zero-order valence-corrected chi connectivity index (χ0v) is 24.7. The fraction of sp³-hybridized carbons (Fsp3) is 0.444. The van der Waals surface area contributed by atoms with Crippen LogP contribution in [-0.2, 0) is 21.7 Å².